The van der Waals surface area contributed by atoms with E-state index in [0.717, 1.165) is 12.0 Å². The first-order valence-corrected chi connectivity index (χ1v) is 3.32. The highest BCUT2D eigenvalue weighted by molar-refractivity contribution is 5.10. The van der Waals surface area contributed by atoms with Crippen LogP contribution >= 0.6 is 0 Å². The van der Waals surface area contributed by atoms with Crippen molar-refractivity contribution in [3.05, 3.63) is 24.2 Å². The van der Waals surface area contributed by atoms with E-state index in [1.807, 2.05) is 6.07 Å². The molecule has 1 aromatic rings. The lowest BCUT2D eigenvalue weighted by Crippen LogP contribution is -2.14. The molecular formula is C7H12N2O. The van der Waals surface area contributed by atoms with Crippen molar-refractivity contribution in [3.8, 4) is 0 Å². The zero-order valence-corrected chi connectivity index (χ0v) is 5.79. The van der Waals surface area contributed by atoms with E-state index in [0.29, 0.717) is 6.54 Å². The molecule has 0 fully saturated rings. The van der Waals surface area contributed by atoms with Gasteiger partial charge in [-0.1, -0.05) is 0 Å². The van der Waals surface area contributed by atoms with Gasteiger partial charge in [0.25, 0.3) is 0 Å². The van der Waals surface area contributed by atoms with Crippen molar-refractivity contribution in [3.63, 3.8) is 0 Å². The Morgan fingerprint density at radius 1 is 1.60 bits per heavy atom. The zero-order chi connectivity index (χ0) is 7.40. The Bertz CT molecular complexity index is 172. The molecule has 0 aliphatic rings. The molecule has 1 unspecified atom stereocenters. The average Bonchev–Trinajstić information content (AvgIpc) is 2.38. The van der Waals surface area contributed by atoms with Gasteiger partial charge in [0.2, 0.25) is 0 Å². The topological polar surface area (TPSA) is 65.2 Å². The summed E-state index contributed by atoms with van der Waals surface area (Å²) in [7, 11) is 0. The van der Waals surface area contributed by atoms with Crippen LogP contribution < -0.4 is 11.5 Å². The van der Waals surface area contributed by atoms with Gasteiger partial charge in [0.1, 0.15) is 0 Å². The van der Waals surface area contributed by atoms with Crippen LogP contribution in [0, 0.1) is 0 Å². The lowest BCUT2D eigenvalue weighted by atomic mass is 10.1. The molecular weight excluding hydrogens is 128 g/mol. The maximum absolute atomic E-state index is 5.71. The van der Waals surface area contributed by atoms with Gasteiger partial charge in [-0.15, -0.1) is 0 Å². The molecule has 0 radical (unpaired) electrons. The van der Waals surface area contributed by atoms with E-state index >= 15 is 0 Å². The van der Waals surface area contributed by atoms with E-state index in [1.54, 1.807) is 12.5 Å². The fourth-order valence-electron chi connectivity index (χ4n) is 0.832. The summed E-state index contributed by atoms with van der Waals surface area (Å²) in [5, 5.41) is 0. The lowest BCUT2D eigenvalue weighted by Gasteiger charge is -2.05. The third-order valence-electron chi connectivity index (χ3n) is 1.45. The van der Waals surface area contributed by atoms with E-state index in [9.17, 15) is 0 Å². The number of furan rings is 1. The molecule has 1 atom stereocenters. The fourth-order valence-corrected chi connectivity index (χ4v) is 0.832. The van der Waals surface area contributed by atoms with Gasteiger partial charge >= 0.3 is 0 Å². The zero-order valence-electron chi connectivity index (χ0n) is 5.79. The van der Waals surface area contributed by atoms with Gasteiger partial charge in [0.15, 0.2) is 0 Å². The van der Waals surface area contributed by atoms with Crippen molar-refractivity contribution in [1.29, 1.82) is 0 Å². The predicted molar refractivity (Wildman–Crippen MR) is 39.3 cm³/mol. The summed E-state index contributed by atoms with van der Waals surface area (Å²) >= 11 is 0. The second kappa shape index (κ2) is 3.39. The minimum atomic E-state index is 0.0312. The van der Waals surface area contributed by atoms with Crippen LogP contribution in [0.2, 0.25) is 0 Å². The monoisotopic (exact) mass is 140 g/mol. The Labute approximate surface area is 60.0 Å². The van der Waals surface area contributed by atoms with Gasteiger partial charge in [-0.25, -0.2) is 0 Å². The quantitative estimate of drug-likeness (QED) is 0.647. The smallest absolute Gasteiger partial charge is 0.0950 e. The minimum absolute atomic E-state index is 0.0312. The molecule has 0 aliphatic heterocycles. The molecule has 56 valence electrons. The van der Waals surface area contributed by atoms with Gasteiger partial charge < -0.3 is 15.9 Å². The van der Waals surface area contributed by atoms with E-state index in [2.05, 4.69) is 0 Å². The van der Waals surface area contributed by atoms with Gasteiger partial charge in [-0.2, -0.15) is 0 Å². The fraction of sp³-hybridized carbons (Fsp3) is 0.429. The summed E-state index contributed by atoms with van der Waals surface area (Å²) in [5.41, 5.74) is 12.1. The van der Waals surface area contributed by atoms with Crippen molar-refractivity contribution in [2.45, 2.75) is 12.5 Å². The Kier molecular flexibility index (Phi) is 2.48. The molecule has 1 aromatic heterocycles. The molecule has 0 aromatic carbocycles. The minimum Gasteiger partial charge on any atom is -0.472 e. The van der Waals surface area contributed by atoms with Crippen LogP contribution in [0.3, 0.4) is 0 Å². The molecule has 0 amide bonds. The number of nitrogens with two attached hydrogens (primary N) is 2. The summed E-state index contributed by atoms with van der Waals surface area (Å²) in [6.45, 7) is 0.617. The summed E-state index contributed by atoms with van der Waals surface area (Å²) < 4.78 is 4.86. The summed E-state index contributed by atoms with van der Waals surface area (Å²) in [6, 6.07) is 1.89. The molecule has 3 nitrogen and oxygen atoms in total. The Hall–Kier alpha value is -0.800. The van der Waals surface area contributed by atoms with Crippen LogP contribution in [0.1, 0.15) is 18.0 Å². The third-order valence-corrected chi connectivity index (χ3v) is 1.45. The van der Waals surface area contributed by atoms with Crippen molar-refractivity contribution < 1.29 is 4.42 Å². The highest BCUT2D eigenvalue weighted by Gasteiger charge is 2.04. The standard InChI is InChI=1S/C7H12N2O/c8-3-1-7(9)6-2-4-10-5-6/h2,4-5,7H,1,3,8-9H2. The van der Waals surface area contributed by atoms with Crippen LogP contribution in [0.5, 0.6) is 0 Å². The number of rotatable bonds is 3. The third kappa shape index (κ3) is 1.59. The number of hydrogen-bond acceptors (Lipinski definition) is 3. The van der Waals surface area contributed by atoms with E-state index in [4.69, 9.17) is 15.9 Å². The molecule has 4 N–H and O–H groups in total. The van der Waals surface area contributed by atoms with Crippen LogP contribution in [0.25, 0.3) is 0 Å². The van der Waals surface area contributed by atoms with Crippen LogP contribution in [0.4, 0.5) is 0 Å². The van der Waals surface area contributed by atoms with Gasteiger partial charge in [0, 0.05) is 11.6 Å². The Morgan fingerprint density at radius 3 is 2.90 bits per heavy atom. The van der Waals surface area contributed by atoms with E-state index < -0.39 is 0 Å². The molecule has 0 bridgehead atoms. The maximum atomic E-state index is 5.71. The first-order chi connectivity index (χ1) is 4.84. The molecule has 10 heavy (non-hydrogen) atoms. The van der Waals surface area contributed by atoms with Gasteiger partial charge in [0.05, 0.1) is 12.5 Å². The predicted octanol–water partition coefficient (Wildman–Crippen LogP) is 0.628. The second-order valence-electron chi connectivity index (χ2n) is 2.24. The molecule has 0 aliphatic carbocycles. The normalized spacial score (nSPS) is 13.4. The summed E-state index contributed by atoms with van der Waals surface area (Å²) in [5.74, 6) is 0. The van der Waals surface area contributed by atoms with Gasteiger partial charge in [-0.05, 0) is 19.0 Å². The van der Waals surface area contributed by atoms with Crippen molar-refractivity contribution in [2.24, 2.45) is 11.5 Å². The first-order valence-electron chi connectivity index (χ1n) is 3.32. The van der Waals surface area contributed by atoms with Crippen LogP contribution in [0.15, 0.2) is 23.0 Å². The van der Waals surface area contributed by atoms with Crippen LogP contribution in [-0.2, 0) is 0 Å². The first kappa shape index (κ1) is 7.31. The van der Waals surface area contributed by atoms with E-state index in [1.165, 1.54) is 0 Å². The number of hydrogen-bond donors (Lipinski definition) is 2. The Morgan fingerprint density at radius 2 is 2.40 bits per heavy atom. The molecule has 0 saturated carbocycles. The van der Waals surface area contributed by atoms with Gasteiger partial charge in [-0.3, -0.25) is 0 Å². The van der Waals surface area contributed by atoms with Crippen LogP contribution in [-0.4, -0.2) is 6.54 Å². The average molecular weight is 140 g/mol. The second-order valence-corrected chi connectivity index (χ2v) is 2.24. The molecule has 3 heteroatoms. The summed E-state index contributed by atoms with van der Waals surface area (Å²) in [6.07, 6.45) is 4.07. The van der Waals surface area contributed by atoms with Crippen molar-refractivity contribution in [2.75, 3.05) is 6.54 Å². The van der Waals surface area contributed by atoms with Crippen molar-refractivity contribution >= 4 is 0 Å². The Balaban J connectivity index is 2.50. The maximum Gasteiger partial charge on any atom is 0.0950 e. The highest BCUT2D eigenvalue weighted by Crippen LogP contribution is 2.12. The molecule has 0 spiro atoms. The van der Waals surface area contributed by atoms with E-state index in [-0.39, 0.29) is 6.04 Å². The molecule has 0 saturated heterocycles. The summed E-state index contributed by atoms with van der Waals surface area (Å²) in [4.78, 5) is 0. The lowest BCUT2D eigenvalue weighted by molar-refractivity contribution is 0.555. The highest BCUT2D eigenvalue weighted by atomic mass is 16.3. The van der Waals surface area contributed by atoms with Crippen molar-refractivity contribution in [1.82, 2.24) is 0 Å². The largest absolute Gasteiger partial charge is 0.472 e. The SMILES string of the molecule is NCCC(N)c1ccoc1. The molecule has 1 rings (SSSR count). The molecule has 1 heterocycles.